The van der Waals surface area contributed by atoms with E-state index in [4.69, 9.17) is 10.5 Å². The van der Waals surface area contributed by atoms with E-state index in [1.165, 1.54) is 7.11 Å². The fraction of sp³-hybridized carbons (Fsp3) is 0.231. The maximum absolute atomic E-state index is 9.76. The van der Waals surface area contributed by atoms with Crippen LogP contribution in [0.4, 0.5) is 0 Å². The zero-order valence-electron chi connectivity index (χ0n) is 9.71. The van der Waals surface area contributed by atoms with Crippen molar-refractivity contribution < 1.29 is 9.84 Å². The molecular weight excluding hydrogens is 216 g/mol. The van der Waals surface area contributed by atoms with Crippen LogP contribution in [-0.2, 0) is 0 Å². The number of phenols is 1. The van der Waals surface area contributed by atoms with E-state index in [1.807, 2.05) is 35.2 Å². The Bertz CT molecular complexity index is 480. The van der Waals surface area contributed by atoms with E-state index in [9.17, 15) is 5.11 Å². The van der Waals surface area contributed by atoms with E-state index in [0.29, 0.717) is 12.3 Å². The van der Waals surface area contributed by atoms with Crippen molar-refractivity contribution in [3.05, 3.63) is 48.3 Å². The summed E-state index contributed by atoms with van der Waals surface area (Å²) in [5.41, 5.74) is 6.74. The minimum Gasteiger partial charge on any atom is -0.504 e. The highest BCUT2D eigenvalue weighted by molar-refractivity contribution is 5.43. The number of nitrogens with two attached hydrogens (primary N) is 1. The minimum atomic E-state index is 0.0295. The second-order valence-electron chi connectivity index (χ2n) is 3.81. The first kappa shape index (κ1) is 11.5. The van der Waals surface area contributed by atoms with E-state index in [2.05, 4.69) is 0 Å². The molecule has 3 N–H and O–H groups in total. The van der Waals surface area contributed by atoms with Gasteiger partial charge in [-0.3, -0.25) is 0 Å². The van der Waals surface area contributed by atoms with Gasteiger partial charge >= 0.3 is 0 Å². The first-order valence-electron chi connectivity index (χ1n) is 5.45. The van der Waals surface area contributed by atoms with Crippen molar-refractivity contribution >= 4 is 0 Å². The molecular formula is C13H16N2O2. The molecule has 0 spiro atoms. The fourth-order valence-corrected chi connectivity index (χ4v) is 1.90. The number of benzene rings is 1. The zero-order chi connectivity index (χ0) is 12.3. The van der Waals surface area contributed by atoms with Crippen LogP contribution in [-0.4, -0.2) is 23.3 Å². The Balaban J connectivity index is 2.35. The van der Waals surface area contributed by atoms with Gasteiger partial charge in [0.1, 0.15) is 0 Å². The van der Waals surface area contributed by atoms with Crippen LogP contribution < -0.4 is 10.5 Å². The molecule has 1 heterocycles. The zero-order valence-corrected chi connectivity index (χ0v) is 9.71. The summed E-state index contributed by atoms with van der Waals surface area (Å²) in [5.74, 6) is 0.604. The lowest BCUT2D eigenvalue weighted by molar-refractivity contribution is 0.372. The third kappa shape index (κ3) is 2.26. The lowest BCUT2D eigenvalue weighted by Gasteiger charge is -2.18. The summed E-state index contributed by atoms with van der Waals surface area (Å²) in [6, 6.07) is 9.28. The molecule has 0 fully saturated rings. The summed E-state index contributed by atoms with van der Waals surface area (Å²) >= 11 is 0. The van der Waals surface area contributed by atoms with Gasteiger partial charge in [0.25, 0.3) is 0 Å². The summed E-state index contributed by atoms with van der Waals surface area (Å²) in [6.07, 6.45) is 3.91. The van der Waals surface area contributed by atoms with Gasteiger partial charge in [0.05, 0.1) is 13.2 Å². The van der Waals surface area contributed by atoms with Crippen molar-refractivity contribution in [1.82, 2.24) is 4.57 Å². The van der Waals surface area contributed by atoms with Crippen LogP contribution in [0.15, 0.2) is 42.7 Å². The summed E-state index contributed by atoms with van der Waals surface area (Å²) < 4.78 is 7.03. The van der Waals surface area contributed by atoms with Crippen LogP contribution in [0.25, 0.3) is 0 Å². The second-order valence-corrected chi connectivity index (χ2v) is 3.81. The Labute approximate surface area is 100 Å². The molecule has 17 heavy (non-hydrogen) atoms. The Morgan fingerprint density at radius 1 is 1.35 bits per heavy atom. The number of nitrogens with zero attached hydrogens (tertiary/aromatic N) is 1. The first-order chi connectivity index (χ1) is 8.26. The van der Waals surface area contributed by atoms with Crippen molar-refractivity contribution in [3.63, 3.8) is 0 Å². The van der Waals surface area contributed by atoms with Crippen LogP contribution in [0, 0.1) is 0 Å². The number of rotatable bonds is 4. The lowest BCUT2D eigenvalue weighted by atomic mass is 10.1. The Morgan fingerprint density at radius 3 is 2.59 bits per heavy atom. The second kappa shape index (κ2) is 4.93. The van der Waals surface area contributed by atoms with Gasteiger partial charge in [-0.25, -0.2) is 0 Å². The van der Waals surface area contributed by atoms with Gasteiger partial charge in [-0.1, -0.05) is 6.07 Å². The molecule has 1 atom stereocenters. The number of phenolic OH excluding ortho intramolecular Hbond substituents is 1. The number of aromatic hydroxyl groups is 1. The summed E-state index contributed by atoms with van der Waals surface area (Å²) in [6.45, 7) is 0.473. The standard InChI is InChI=1S/C13H16N2O2/c1-17-13-5-4-10(8-12(13)16)11(9-14)15-6-2-3-7-15/h2-8,11,16H,9,14H2,1H3. The van der Waals surface area contributed by atoms with Crippen molar-refractivity contribution in [2.75, 3.05) is 13.7 Å². The van der Waals surface area contributed by atoms with Crippen LogP contribution in [0.1, 0.15) is 11.6 Å². The maximum Gasteiger partial charge on any atom is 0.160 e. The topological polar surface area (TPSA) is 60.4 Å². The van der Waals surface area contributed by atoms with Gasteiger partial charge in [0.2, 0.25) is 0 Å². The normalized spacial score (nSPS) is 12.4. The highest BCUT2D eigenvalue weighted by Gasteiger charge is 2.13. The highest BCUT2D eigenvalue weighted by Crippen LogP contribution is 2.29. The van der Waals surface area contributed by atoms with Crippen molar-refractivity contribution in [2.45, 2.75) is 6.04 Å². The first-order valence-corrected chi connectivity index (χ1v) is 5.45. The summed E-state index contributed by atoms with van der Waals surface area (Å²) in [5, 5.41) is 9.76. The van der Waals surface area contributed by atoms with Gasteiger partial charge in [0, 0.05) is 18.9 Å². The Morgan fingerprint density at radius 2 is 2.06 bits per heavy atom. The third-order valence-electron chi connectivity index (χ3n) is 2.80. The van der Waals surface area contributed by atoms with E-state index in [1.54, 1.807) is 12.1 Å². The van der Waals surface area contributed by atoms with Crippen LogP contribution in [0.3, 0.4) is 0 Å². The largest absolute Gasteiger partial charge is 0.504 e. The molecule has 2 aromatic rings. The number of aromatic nitrogens is 1. The van der Waals surface area contributed by atoms with Gasteiger partial charge < -0.3 is 20.1 Å². The predicted molar refractivity (Wildman–Crippen MR) is 66.3 cm³/mol. The van der Waals surface area contributed by atoms with Crippen LogP contribution in [0.2, 0.25) is 0 Å². The molecule has 0 aliphatic rings. The monoisotopic (exact) mass is 232 g/mol. The Kier molecular flexibility index (Phi) is 3.35. The molecule has 0 saturated heterocycles. The third-order valence-corrected chi connectivity index (χ3v) is 2.80. The number of hydrogen-bond acceptors (Lipinski definition) is 3. The number of hydrogen-bond donors (Lipinski definition) is 2. The van der Waals surface area contributed by atoms with E-state index >= 15 is 0 Å². The smallest absolute Gasteiger partial charge is 0.160 e. The quantitative estimate of drug-likeness (QED) is 0.844. The average molecular weight is 232 g/mol. The summed E-state index contributed by atoms with van der Waals surface area (Å²) in [4.78, 5) is 0. The predicted octanol–water partition coefficient (Wildman–Crippen LogP) is 1.75. The van der Waals surface area contributed by atoms with Gasteiger partial charge in [-0.15, -0.1) is 0 Å². The van der Waals surface area contributed by atoms with Crippen LogP contribution in [0.5, 0.6) is 11.5 Å². The summed E-state index contributed by atoms with van der Waals surface area (Å²) in [7, 11) is 1.53. The molecule has 1 aromatic heterocycles. The van der Waals surface area contributed by atoms with Crippen molar-refractivity contribution in [1.29, 1.82) is 0 Å². The molecule has 2 rings (SSSR count). The van der Waals surface area contributed by atoms with Gasteiger partial charge in [0.15, 0.2) is 11.5 Å². The molecule has 0 aliphatic carbocycles. The fourth-order valence-electron chi connectivity index (χ4n) is 1.90. The molecule has 4 heteroatoms. The highest BCUT2D eigenvalue weighted by atomic mass is 16.5. The minimum absolute atomic E-state index is 0.0295. The molecule has 0 bridgehead atoms. The van der Waals surface area contributed by atoms with Crippen LogP contribution >= 0.6 is 0 Å². The Hall–Kier alpha value is -1.94. The number of ether oxygens (including phenoxy) is 1. The molecule has 0 saturated carbocycles. The molecule has 0 radical (unpaired) electrons. The van der Waals surface area contributed by atoms with E-state index in [-0.39, 0.29) is 11.8 Å². The maximum atomic E-state index is 9.76. The lowest BCUT2D eigenvalue weighted by Crippen LogP contribution is -2.19. The van der Waals surface area contributed by atoms with Gasteiger partial charge in [-0.2, -0.15) is 0 Å². The van der Waals surface area contributed by atoms with Crippen molar-refractivity contribution in [3.8, 4) is 11.5 Å². The molecule has 1 aromatic carbocycles. The van der Waals surface area contributed by atoms with E-state index in [0.717, 1.165) is 5.56 Å². The van der Waals surface area contributed by atoms with E-state index < -0.39 is 0 Å². The molecule has 90 valence electrons. The molecule has 0 amide bonds. The van der Waals surface area contributed by atoms with Gasteiger partial charge in [-0.05, 0) is 29.8 Å². The molecule has 1 unspecified atom stereocenters. The van der Waals surface area contributed by atoms with Crippen molar-refractivity contribution in [2.24, 2.45) is 5.73 Å². The SMILES string of the molecule is COc1ccc(C(CN)n2cccc2)cc1O. The molecule has 4 nitrogen and oxygen atoms in total. The average Bonchev–Trinajstić information content (AvgIpc) is 2.84. The number of methoxy groups -OCH3 is 1. The molecule has 0 aliphatic heterocycles.